The van der Waals surface area contributed by atoms with Gasteiger partial charge in [0, 0.05) is 10.5 Å². The maximum atomic E-state index is 7.15. The number of thioether (sulfide) groups is 1. The zero-order valence-electron chi connectivity index (χ0n) is 7.49. The van der Waals surface area contributed by atoms with Crippen molar-refractivity contribution in [3.63, 3.8) is 0 Å². The minimum atomic E-state index is 0.181. The molecule has 2 rings (SSSR count). The van der Waals surface area contributed by atoms with Crippen LogP contribution in [0.25, 0.3) is 10.1 Å². The summed E-state index contributed by atoms with van der Waals surface area (Å²) in [5, 5.41) is 10.8. The Morgan fingerprint density at radius 1 is 1.43 bits per heavy atom. The number of benzene rings is 1. The van der Waals surface area contributed by atoms with Gasteiger partial charge in [0.1, 0.15) is 0 Å². The Morgan fingerprint density at radius 3 is 3.00 bits per heavy atom. The molecule has 1 aromatic heterocycles. The van der Waals surface area contributed by atoms with Crippen molar-refractivity contribution in [2.45, 2.75) is 5.75 Å². The molecule has 0 amide bonds. The van der Waals surface area contributed by atoms with E-state index < -0.39 is 0 Å². The van der Waals surface area contributed by atoms with Crippen molar-refractivity contribution in [1.29, 1.82) is 5.41 Å². The van der Waals surface area contributed by atoms with Crippen molar-refractivity contribution >= 4 is 38.4 Å². The number of hydrogen-bond donors (Lipinski definition) is 2. The van der Waals surface area contributed by atoms with Gasteiger partial charge in [-0.1, -0.05) is 30.0 Å². The summed E-state index contributed by atoms with van der Waals surface area (Å²) in [6.45, 7) is 0. The van der Waals surface area contributed by atoms with E-state index in [-0.39, 0.29) is 5.17 Å². The van der Waals surface area contributed by atoms with Crippen LogP contribution in [0.5, 0.6) is 0 Å². The molecule has 3 N–H and O–H groups in total. The smallest absolute Gasteiger partial charge is 0.151 e. The predicted octanol–water partition coefficient (Wildman–Crippen LogP) is 3.03. The van der Waals surface area contributed by atoms with Crippen LogP contribution in [-0.2, 0) is 5.75 Å². The van der Waals surface area contributed by atoms with Crippen LogP contribution >= 0.6 is 23.1 Å². The van der Waals surface area contributed by atoms with Gasteiger partial charge in [-0.15, -0.1) is 11.3 Å². The second kappa shape index (κ2) is 4.02. The van der Waals surface area contributed by atoms with Crippen molar-refractivity contribution in [3.05, 3.63) is 35.2 Å². The average molecular weight is 222 g/mol. The predicted molar refractivity (Wildman–Crippen MR) is 65.0 cm³/mol. The number of nitrogens with two attached hydrogens (primary N) is 1. The Hall–Kier alpha value is -1.00. The third kappa shape index (κ3) is 1.91. The molecule has 2 aromatic rings. The third-order valence-electron chi connectivity index (χ3n) is 1.94. The van der Waals surface area contributed by atoms with Gasteiger partial charge in [-0.2, -0.15) is 0 Å². The van der Waals surface area contributed by atoms with Crippen molar-refractivity contribution in [2.24, 2.45) is 5.73 Å². The Labute approximate surface area is 90.6 Å². The van der Waals surface area contributed by atoms with Gasteiger partial charge in [-0.3, -0.25) is 5.41 Å². The van der Waals surface area contributed by atoms with Gasteiger partial charge < -0.3 is 5.73 Å². The number of hydrogen-bond acceptors (Lipinski definition) is 3. The quantitative estimate of drug-likeness (QED) is 0.606. The van der Waals surface area contributed by atoms with Gasteiger partial charge in [0.25, 0.3) is 0 Å². The second-order valence-electron chi connectivity index (χ2n) is 2.91. The molecule has 14 heavy (non-hydrogen) atoms. The molecule has 4 heteroatoms. The lowest BCUT2D eigenvalue weighted by Gasteiger charge is -1.97. The van der Waals surface area contributed by atoms with E-state index in [1.54, 1.807) is 11.3 Å². The SMILES string of the molecule is N=C(N)SCc1csc2ccccc12. The summed E-state index contributed by atoms with van der Waals surface area (Å²) in [6, 6.07) is 8.31. The maximum Gasteiger partial charge on any atom is 0.151 e. The molecule has 0 spiro atoms. The number of rotatable bonds is 2. The number of amidine groups is 1. The fourth-order valence-corrected chi connectivity index (χ4v) is 2.92. The zero-order chi connectivity index (χ0) is 9.97. The van der Waals surface area contributed by atoms with Gasteiger partial charge in [0.05, 0.1) is 0 Å². The van der Waals surface area contributed by atoms with E-state index in [1.165, 1.54) is 27.4 Å². The van der Waals surface area contributed by atoms with Crippen LogP contribution in [0.3, 0.4) is 0 Å². The lowest BCUT2D eigenvalue weighted by Crippen LogP contribution is -2.03. The molecule has 2 nitrogen and oxygen atoms in total. The van der Waals surface area contributed by atoms with Crippen LogP contribution in [0, 0.1) is 5.41 Å². The molecule has 0 atom stereocenters. The fraction of sp³-hybridized carbons (Fsp3) is 0.100. The Morgan fingerprint density at radius 2 is 2.21 bits per heavy atom. The summed E-state index contributed by atoms with van der Waals surface area (Å²) in [7, 11) is 0. The first-order valence-corrected chi connectivity index (χ1v) is 6.06. The number of nitrogens with one attached hydrogen (secondary N) is 1. The van der Waals surface area contributed by atoms with Crippen LogP contribution in [0.2, 0.25) is 0 Å². The topological polar surface area (TPSA) is 49.9 Å². The van der Waals surface area contributed by atoms with E-state index in [4.69, 9.17) is 11.1 Å². The summed E-state index contributed by atoms with van der Waals surface area (Å²) in [6.07, 6.45) is 0. The van der Waals surface area contributed by atoms with Gasteiger partial charge >= 0.3 is 0 Å². The fourth-order valence-electron chi connectivity index (χ4n) is 1.30. The largest absolute Gasteiger partial charge is 0.379 e. The highest BCUT2D eigenvalue weighted by atomic mass is 32.2. The highest BCUT2D eigenvalue weighted by Crippen LogP contribution is 2.28. The molecule has 0 saturated heterocycles. The van der Waals surface area contributed by atoms with E-state index in [0.717, 1.165) is 5.75 Å². The summed E-state index contributed by atoms with van der Waals surface area (Å²) in [5.74, 6) is 0.791. The van der Waals surface area contributed by atoms with Crippen LogP contribution in [0.15, 0.2) is 29.6 Å². The lowest BCUT2D eigenvalue weighted by molar-refractivity contribution is 1.48. The van der Waals surface area contributed by atoms with E-state index in [2.05, 4.69) is 17.5 Å². The van der Waals surface area contributed by atoms with Crippen LogP contribution in [0.1, 0.15) is 5.56 Å². The summed E-state index contributed by atoms with van der Waals surface area (Å²) in [4.78, 5) is 0. The third-order valence-corrected chi connectivity index (χ3v) is 3.72. The zero-order valence-corrected chi connectivity index (χ0v) is 9.12. The minimum absolute atomic E-state index is 0.181. The normalized spacial score (nSPS) is 10.6. The molecule has 0 saturated carbocycles. The van der Waals surface area contributed by atoms with Crippen molar-refractivity contribution in [2.75, 3.05) is 0 Å². The molecule has 0 fully saturated rings. The number of fused-ring (bicyclic) bond motifs is 1. The first kappa shape index (κ1) is 9.55. The molecular formula is C10H10N2S2. The average Bonchev–Trinajstić information content (AvgIpc) is 2.58. The highest BCUT2D eigenvalue weighted by molar-refractivity contribution is 8.13. The van der Waals surface area contributed by atoms with Gasteiger partial charge in [0.2, 0.25) is 0 Å². The molecular weight excluding hydrogens is 212 g/mol. The second-order valence-corrected chi connectivity index (χ2v) is 4.84. The standard InChI is InChI=1S/C10H10N2S2/c11-10(12)14-6-7-5-13-9-4-2-1-3-8(7)9/h1-5H,6H2,(H3,11,12). The van der Waals surface area contributed by atoms with E-state index in [0.29, 0.717) is 0 Å². The Bertz CT molecular complexity index is 462. The highest BCUT2D eigenvalue weighted by Gasteiger charge is 2.03. The van der Waals surface area contributed by atoms with E-state index >= 15 is 0 Å². The molecule has 0 bridgehead atoms. The molecule has 1 heterocycles. The molecule has 1 aromatic carbocycles. The monoisotopic (exact) mass is 222 g/mol. The van der Waals surface area contributed by atoms with Gasteiger partial charge in [0.15, 0.2) is 5.17 Å². The molecule has 0 radical (unpaired) electrons. The van der Waals surface area contributed by atoms with Crippen LogP contribution < -0.4 is 5.73 Å². The Balaban J connectivity index is 2.29. The maximum absolute atomic E-state index is 7.15. The molecule has 0 aliphatic heterocycles. The molecule has 72 valence electrons. The van der Waals surface area contributed by atoms with Gasteiger partial charge in [-0.25, -0.2) is 0 Å². The Kier molecular flexibility index (Phi) is 2.74. The summed E-state index contributed by atoms with van der Waals surface area (Å²) < 4.78 is 1.30. The summed E-state index contributed by atoms with van der Waals surface area (Å²) >= 11 is 3.11. The first-order chi connectivity index (χ1) is 6.77. The summed E-state index contributed by atoms with van der Waals surface area (Å²) in [5.41, 5.74) is 6.57. The van der Waals surface area contributed by atoms with Crippen molar-refractivity contribution in [3.8, 4) is 0 Å². The van der Waals surface area contributed by atoms with Crippen LogP contribution in [0.4, 0.5) is 0 Å². The van der Waals surface area contributed by atoms with Gasteiger partial charge in [-0.05, 0) is 22.4 Å². The van der Waals surface area contributed by atoms with Crippen molar-refractivity contribution in [1.82, 2.24) is 0 Å². The van der Waals surface area contributed by atoms with Crippen LogP contribution in [-0.4, -0.2) is 5.17 Å². The molecule has 0 unspecified atom stereocenters. The first-order valence-electron chi connectivity index (χ1n) is 4.19. The van der Waals surface area contributed by atoms with E-state index in [9.17, 15) is 0 Å². The van der Waals surface area contributed by atoms with E-state index in [1.807, 2.05) is 12.1 Å². The minimum Gasteiger partial charge on any atom is -0.379 e. The lowest BCUT2D eigenvalue weighted by atomic mass is 10.2. The molecule has 0 aliphatic carbocycles. The van der Waals surface area contributed by atoms with Crippen molar-refractivity contribution < 1.29 is 0 Å². The number of thiophene rings is 1. The molecule has 0 aliphatic rings.